The number of aromatic nitrogens is 1. The second-order valence-electron chi connectivity index (χ2n) is 6.85. The molecule has 2 aromatic rings. The van der Waals surface area contributed by atoms with Crippen LogP contribution in [-0.2, 0) is 5.75 Å². The van der Waals surface area contributed by atoms with Crippen LogP contribution in [-0.4, -0.2) is 16.1 Å². The summed E-state index contributed by atoms with van der Waals surface area (Å²) in [5.41, 5.74) is 6.58. The summed E-state index contributed by atoms with van der Waals surface area (Å²) in [5.74, 6) is 0.825. The number of benzene rings is 1. The number of pyridine rings is 1. The first kappa shape index (κ1) is 17.8. The van der Waals surface area contributed by atoms with Crippen LogP contribution in [0.4, 0.5) is 0 Å². The fourth-order valence-corrected chi connectivity index (χ4v) is 4.79. The smallest absolute Gasteiger partial charge is 0.110 e. The fourth-order valence-electron chi connectivity index (χ4n) is 3.68. The van der Waals surface area contributed by atoms with Crippen LogP contribution in [0.2, 0.25) is 0 Å². The van der Waals surface area contributed by atoms with Crippen molar-refractivity contribution in [3.05, 3.63) is 82.7 Å². The van der Waals surface area contributed by atoms with Crippen LogP contribution < -0.4 is 0 Å². The Bertz CT molecular complexity index is 980. The van der Waals surface area contributed by atoms with E-state index in [1.54, 1.807) is 24.2 Å². The third kappa shape index (κ3) is 3.61. The van der Waals surface area contributed by atoms with E-state index in [1.807, 2.05) is 12.1 Å². The van der Waals surface area contributed by atoms with E-state index in [9.17, 15) is 5.26 Å². The number of rotatable bonds is 3. The lowest BCUT2D eigenvalue weighted by atomic mass is 9.82. The Labute approximate surface area is 164 Å². The molecule has 0 fully saturated rings. The second kappa shape index (κ2) is 7.94. The molecule has 1 aromatic carbocycles. The number of allylic oxidation sites excluding steroid dienone is 1. The molecule has 27 heavy (non-hydrogen) atoms. The molecule has 1 unspecified atom stereocenters. The molecule has 134 valence electrons. The van der Waals surface area contributed by atoms with E-state index in [1.165, 1.54) is 16.7 Å². The van der Waals surface area contributed by atoms with E-state index >= 15 is 0 Å². The van der Waals surface area contributed by atoms with Gasteiger partial charge >= 0.3 is 0 Å². The van der Waals surface area contributed by atoms with Gasteiger partial charge in [-0.3, -0.25) is 9.98 Å². The molecule has 0 bridgehead atoms. The van der Waals surface area contributed by atoms with Gasteiger partial charge in [0.25, 0.3) is 0 Å². The Morgan fingerprint density at radius 1 is 1.19 bits per heavy atom. The zero-order valence-corrected chi connectivity index (χ0v) is 16.2. The van der Waals surface area contributed by atoms with E-state index in [0.717, 1.165) is 41.2 Å². The Kier molecular flexibility index (Phi) is 5.22. The summed E-state index contributed by atoms with van der Waals surface area (Å²) in [6, 6.07) is 15.0. The van der Waals surface area contributed by atoms with E-state index in [0.29, 0.717) is 5.57 Å². The van der Waals surface area contributed by atoms with Crippen molar-refractivity contribution in [2.75, 3.05) is 0 Å². The minimum atomic E-state index is 0.165. The normalized spacial score (nSPS) is 19.0. The Balaban J connectivity index is 1.74. The summed E-state index contributed by atoms with van der Waals surface area (Å²) in [4.78, 5) is 9.13. The van der Waals surface area contributed by atoms with Gasteiger partial charge in [-0.1, -0.05) is 30.3 Å². The first-order valence-corrected chi connectivity index (χ1v) is 10.3. The monoisotopic (exact) mass is 371 g/mol. The van der Waals surface area contributed by atoms with Crippen LogP contribution in [0.1, 0.15) is 36.0 Å². The van der Waals surface area contributed by atoms with Gasteiger partial charge in [-0.25, -0.2) is 0 Å². The highest BCUT2D eigenvalue weighted by molar-refractivity contribution is 8.13. The Hall–Kier alpha value is -2.64. The summed E-state index contributed by atoms with van der Waals surface area (Å²) in [6.45, 7) is 2.13. The molecule has 0 amide bonds. The molecule has 4 heteroatoms. The predicted molar refractivity (Wildman–Crippen MR) is 112 cm³/mol. The third-order valence-corrected chi connectivity index (χ3v) is 6.18. The van der Waals surface area contributed by atoms with Gasteiger partial charge in [0.1, 0.15) is 11.1 Å². The quantitative estimate of drug-likeness (QED) is 0.716. The maximum Gasteiger partial charge on any atom is 0.110 e. The molecule has 0 saturated carbocycles. The number of fused-ring (bicyclic) bond motifs is 1. The topological polar surface area (TPSA) is 49.0 Å². The summed E-state index contributed by atoms with van der Waals surface area (Å²) in [7, 11) is 0. The summed E-state index contributed by atoms with van der Waals surface area (Å²) in [5, 5.41) is 10.9. The zero-order chi connectivity index (χ0) is 18.6. The van der Waals surface area contributed by atoms with Crippen molar-refractivity contribution in [2.24, 2.45) is 4.99 Å². The van der Waals surface area contributed by atoms with Gasteiger partial charge < -0.3 is 0 Å². The fraction of sp³-hybridized carbons (Fsp3) is 0.261. The lowest BCUT2D eigenvalue weighted by Crippen LogP contribution is -2.22. The average Bonchev–Trinajstić information content (AvgIpc) is 2.72. The number of thioether (sulfide) groups is 1. The number of nitrogens with zero attached hydrogens (tertiary/aromatic N) is 3. The molecule has 0 N–H and O–H groups in total. The highest BCUT2D eigenvalue weighted by Gasteiger charge is 2.30. The second-order valence-corrected chi connectivity index (χ2v) is 7.82. The van der Waals surface area contributed by atoms with Crippen molar-refractivity contribution in [1.82, 2.24) is 4.98 Å². The van der Waals surface area contributed by atoms with E-state index < -0.39 is 0 Å². The molecule has 1 atom stereocenters. The van der Waals surface area contributed by atoms with Crippen molar-refractivity contribution in [2.45, 2.75) is 38.0 Å². The summed E-state index contributed by atoms with van der Waals surface area (Å²) < 4.78 is 0. The molecule has 1 aromatic heterocycles. The number of dihydropyridines is 1. The van der Waals surface area contributed by atoms with Crippen LogP contribution in [0.15, 0.2) is 71.0 Å². The lowest BCUT2D eigenvalue weighted by molar-refractivity contribution is 0.629. The van der Waals surface area contributed by atoms with Gasteiger partial charge in [-0.15, -0.1) is 11.8 Å². The third-order valence-electron chi connectivity index (χ3n) is 5.14. The van der Waals surface area contributed by atoms with Gasteiger partial charge in [0, 0.05) is 23.7 Å². The maximum atomic E-state index is 9.99. The standard InChI is InChI=1S/C23H21N3S/c1-16-6-2-3-7-18(16)15-27-23-20(14-24)22(17-10-12-25-13-11-17)19-8-4-5-9-21(19)26-23/h2-3,6-8,10-13,21H,4-5,9,15H2,1H3. The van der Waals surface area contributed by atoms with Gasteiger partial charge in [-0.2, -0.15) is 5.26 Å². The van der Waals surface area contributed by atoms with Gasteiger partial charge in [0.2, 0.25) is 0 Å². The lowest BCUT2D eigenvalue weighted by Gasteiger charge is -2.29. The van der Waals surface area contributed by atoms with Crippen LogP contribution >= 0.6 is 11.8 Å². The number of hydrogen-bond donors (Lipinski definition) is 0. The van der Waals surface area contributed by atoms with Gasteiger partial charge in [0.15, 0.2) is 0 Å². The van der Waals surface area contributed by atoms with Crippen molar-refractivity contribution in [1.29, 1.82) is 5.26 Å². The molecular formula is C23H21N3S. The Morgan fingerprint density at radius 3 is 2.78 bits per heavy atom. The first-order valence-electron chi connectivity index (χ1n) is 9.28. The minimum Gasteiger partial charge on any atom is -0.269 e. The number of aliphatic imine (C=N–C) groups is 1. The van der Waals surface area contributed by atoms with Gasteiger partial charge in [0.05, 0.1) is 11.6 Å². The van der Waals surface area contributed by atoms with Crippen molar-refractivity contribution >= 4 is 22.4 Å². The van der Waals surface area contributed by atoms with Gasteiger partial charge in [-0.05, 0) is 60.6 Å². The molecule has 2 aliphatic rings. The molecule has 1 aliphatic carbocycles. The largest absolute Gasteiger partial charge is 0.269 e. The first-order chi connectivity index (χ1) is 13.3. The molecule has 2 heterocycles. The highest BCUT2D eigenvalue weighted by Crippen LogP contribution is 2.41. The summed E-state index contributed by atoms with van der Waals surface area (Å²) >= 11 is 1.68. The van der Waals surface area contributed by atoms with E-state index in [4.69, 9.17) is 4.99 Å². The number of nitriles is 1. The molecular weight excluding hydrogens is 350 g/mol. The van der Waals surface area contributed by atoms with Crippen molar-refractivity contribution < 1.29 is 0 Å². The molecule has 0 saturated heterocycles. The molecule has 1 aliphatic heterocycles. The molecule has 3 nitrogen and oxygen atoms in total. The van der Waals surface area contributed by atoms with Crippen molar-refractivity contribution in [3.8, 4) is 6.07 Å². The zero-order valence-electron chi connectivity index (χ0n) is 15.4. The Morgan fingerprint density at radius 2 is 2.00 bits per heavy atom. The van der Waals surface area contributed by atoms with Crippen LogP contribution in [0.25, 0.3) is 5.57 Å². The van der Waals surface area contributed by atoms with E-state index in [2.05, 4.69) is 48.3 Å². The average molecular weight is 372 g/mol. The van der Waals surface area contributed by atoms with E-state index in [-0.39, 0.29) is 6.04 Å². The highest BCUT2D eigenvalue weighted by atomic mass is 32.2. The van der Waals surface area contributed by atoms with Crippen LogP contribution in [0, 0.1) is 18.3 Å². The molecule has 4 rings (SSSR count). The predicted octanol–water partition coefficient (Wildman–Crippen LogP) is 5.49. The minimum absolute atomic E-state index is 0.165. The molecule has 0 spiro atoms. The summed E-state index contributed by atoms with van der Waals surface area (Å²) in [6.07, 6.45) is 9.11. The SMILES string of the molecule is Cc1ccccc1CSC1=NC2CCCC=C2C(c2ccncc2)=C1C#N. The molecule has 0 radical (unpaired) electrons. The van der Waals surface area contributed by atoms with Crippen molar-refractivity contribution in [3.63, 3.8) is 0 Å². The maximum absolute atomic E-state index is 9.99. The van der Waals surface area contributed by atoms with Crippen LogP contribution in [0.5, 0.6) is 0 Å². The number of hydrogen-bond acceptors (Lipinski definition) is 4. The van der Waals surface area contributed by atoms with Crippen LogP contribution in [0.3, 0.4) is 0 Å². The number of aryl methyl sites for hydroxylation is 1.